The number of carbonyl (C=O) groups is 2. The molecule has 10 nitrogen and oxygen atoms in total. The number of piperidine rings is 3. The summed E-state index contributed by atoms with van der Waals surface area (Å²) in [6.45, 7) is -0.791. The van der Waals surface area contributed by atoms with E-state index in [-0.39, 0.29) is 69.8 Å². The quantitative estimate of drug-likeness (QED) is 0.0968. The van der Waals surface area contributed by atoms with Crippen LogP contribution in [-0.2, 0) is 17.7 Å². The van der Waals surface area contributed by atoms with Gasteiger partial charge in [-0.25, -0.2) is 14.0 Å². The number of hydrogen-bond acceptors (Lipinski definition) is 7. The Kier molecular flexibility index (Phi) is 11.6. The van der Waals surface area contributed by atoms with Crippen LogP contribution in [0.2, 0.25) is 10.0 Å². The molecule has 1 saturated carbocycles. The topological polar surface area (TPSA) is 113 Å². The van der Waals surface area contributed by atoms with E-state index in [1.165, 1.54) is 60.9 Å². The molecule has 0 spiro atoms. The first-order chi connectivity index (χ1) is 26.4. The molecule has 0 unspecified atom stereocenters. The van der Waals surface area contributed by atoms with Crippen molar-refractivity contribution in [1.82, 2.24) is 4.90 Å². The fourth-order valence-corrected chi connectivity index (χ4v) is 8.15. The predicted molar refractivity (Wildman–Crippen MR) is 196 cm³/mol. The van der Waals surface area contributed by atoms with Gasteiger partial charge in [0.1, 0.15) is 22.0 Å². The first kappa shape index (κ1) is 38.6. The van der Waals surface area contributed by atoms with Crippen LogP contribution >= 0.6 is 23.2 Å². The minimum absolute atomic E-state index is 0.0246. The van der Waals surface area contributed by atoms with Crippen molar-refractivity contribution in [2.24, 2.45) is 11.8 Å². The molecule has 4 heterocycles. The minimum atomic E-state index is -3.14. The minimum Gasteiger partial charge on any atom is -0.489 e. The van der Waals surface area contributed by atoms with Crippen LogP contribution < -0.4 is 19.1 Å². The molecule has 0 radical (unpaired) electrons. The van der Waals surface area contributed by atoms with E-state index in [0.29, 0.717) is 28.0 Å². The molecular weight excluding hydrogens is 762 g/mol. The SMILES string of the molecule is O=C(O)c1cccc(CN(C(=O)O[C@H]2CN3CCC2CC3)c2ccccc2F)c1[C@@H](Cc1c(Cl)c[n+](O)cc1Cl)c1ccc(OC(F)F)c(OCC2CC2)c1. The number of hydrogen-bond donors (Lipinski definition) is 2. The number of alkyl halides is 2. The van der Waals surface area contributed by atoms with Crippen molar-refractivity contribution in [3.8, 4) is 11.5 Å². The fourth-order valence-electron chi connectivity index (χ4n) is 7.54. The molecule has 4 aromatic rings. The van der Waals surface area contributed by atoms with Crippen LogP contribution in [-0.4, -0.2) is 66.2 Å². The molecule has 1 amide bonds. The number of halogens is 5. The average Bonchev–Trinajstić information content (AvgIpc) is 3.99. The lowest BCUT2D eigenvalue weighted by molar-refractivity contribution is -0.904. The number of fused-ring (bicyclic) bond motifs is 3. The van der Waals surface area contributed by atoms with E-state index in [0.717, 1.165) is 43.7 Å². The highest BCUT2D eigenvalue weighted by molar-refractivity contribution is 6.35. The number of carbonyl (C=O) groups excluding carboxylic acids is 1. The fraction of sp³-hybridized carbons (Fsp3) is 0.375. The zero-order valence-electron chi connectivity index (χ0n) is 29.6. The number of carboxylic acid groups (broad SMARTS) is 1. The number of para-hydroxylation sites is 1. The van der Waals surface area contributed by atoms with Crippen LogP contribution in [0.25, 0.3) is 0 Å². The monoisotopic (exact) mass is 800 g/mol. The Balaban J connectivity index is 1.36. The standard InChI is InChI=1S/C40H38Cl2F3N3O7/c41-30-19-47(52)20-31(42)29(30)17-28(25-10-11-34(54-39(44)45)35(16-25)53-22-23-8-9-23)37-26(4-3-5-27(37)38(49)50)18-48(33-7-2-1-6-32(33)43)40(51)55-36-21-46-14-12-24(36)13-15-46/h1-7,10-11,16,19-20,23-24,28,36,39H,8-9,12-15,17-18,21-22H2,(H-,49,50,52)/p+1/t28-,36-/m0/s1. The first-order valence-corrected chi connectivity index (χ1v) is 18.8. The summed E-state index contributed by atoms with van der Waals surface area (Å²) in [6, 6.07) is 14.7. The summed E-state index contributed by atoms with van der Waals surface area (Å²) in [5, 5.41) is 20.9. The Morgan fingerprint density at radius 1 is 0.964 bits per heavy atom. The van der Waals surface area contributed by atoms with Gasteiger partial charge in [-0.1, -0.05) is 53.5 Å². The number of rotatable bonds is 14. The number of benzene rings is 3. The van der Waals surface area contributed by atoms with Crippen LogP contribution in [0.1, 0.15) is 64.2 Å². The normalized spacial score (nSPS) is 19.6. The van der Waals surface area contributed by atoms with Crippen LogP contribution in [0.3, 0.4) is 0 Å². The summed E-state index contributed by atoms with van der Waals surface area (Å²) in [6.07, 6.45) is 4.79. The summed E-state index contributed by atoms with van der Waals surface area (Å²) >= 11 is 13.2. The molecule has 4 fully saturated rings. The number of aromatic nitrogens is 1. The second-order valence-electron chi connectivity index (χ2n) is 14.2. The molecule has 15 heteroatoms. The average molecular weight is 802 g/mol. The van der Waals surface area contributed by atoms with Crippen LogP contribution in [0.5, 0.6) is 11.5 Å². The molecule has 2 bridgehead atoms. The lowest BCUT2D eigenvalue weighted by Crippen LogP contribution is -2.53. The molecule has 1 aliphatic carbocycles. The summed E-state index contributed by atoms with van der Waals surface area (Å²) in [7, 11) is 0. The van der Waals surface area contributed by atoms with Gasteiger partial charge in [0.25, 0.3) is 0 Å². The molecular formula is C40H39Cl2F3N3O7+. The summed E-state index contributed by atoms with van der Waals surface area (Å²) in [4.78, 5) is 30.6. The van der Waals surface area contributed by atoms with E-state index in [4.69, 9.17) is 37.4 Å². The van der Waals surface area contributed by atoms with Gasteiger partial charge in [-0.15, -0.1) is 0 Å². The van der Waals surface area contributed by atoms with Gasteiger partial charge in [-0.05, 0) is 104 Å². The highest BCUT2D eigenvalue weighted by Gasteiger charge is 2.38. The third-order valence-corrected chi connectivity index (χ3v) is 11.2. The number of anilines is 1. The van der Waals surface area contributed by atoms with Gasteiger partial charge < -0.3 is 19.3 Å². The smallest absolute Gasteiger partial charge is 0.415 e. The molecule has 290 valence electrons. The van der Waals surface area contributed by atoms with Gasteiger partial charge in [-0.2, -0.15) is 8.78 Å². The predicted octanol–water partition coefficient (Wildman–Crippen LogP) is 8.36. The van der Waals surface area contributed by atoms with Crippen molar-refractivity contribution in [2.75, 3.05) is 31.1 Å². The van der Waals surface area contributed by atoms with Crippen molar-refractivity contribution < 1.29 is 52.0 Å². The maximum atomic E-state index is 15.6. The highest BCUT2D eigenvalue weighted by atomic mass is 35.5. The van der Waals surface area contributed by atoms with E-state index in [1.54, 1.807) is 12.1 Å². The molecule has 55 heavy (non-hydrogen) atoms. The Hall–Kier alpha value is -4.72. The van der Waals surface area contributed by atoms with Crippen molar-refractivity contribution in [3.63, 3.8) is 0 Å². The maximum Gasteiger partial charge on any atom is 0.415 e. The van der Waals surface area contributed by atoms with Gasteiger partial charge in [0.2, 0.25) is 12.4 Å². The van der Waals surface area contributed by atoms with Crippen LogP contribution in [0.15, 0.2) is 73.1 Å². The van der Waals surface area contributed by atoms with Crippen molar-refractivity contribution in [3.05, 3.63) is 117 Å². The zero-order chi connectivity index (χ0) is 38.8. The molecule has 3 saturated heterocycles. The van der Waals surface area contributed by atoms with Gasteiger partial charge in [0, 0.05) is 22.8 Å². The van der Waals surface area contributed by atoms with Gasteiger partial charge in [-0.3, -0.25) is 15.0 Å². The third-order valence-electron chi connectivity index (χ3n) is 10.5. The number of pyridine rings is 1. The van der Waals surface area contributed by atoms with Gasteiger partial charge in [0.15, 0.2) is 11.5 Å². The van der Waals surface area contributed by atoms with E-state index >= 15 is 4.39 Å². The van der Waals surface area contributed by atoms with E-state index < -0.39 is 36.5 Å². The zero-order valence-corrected chi connectivity index (χ0v) is 31.1. The van der Waals surface area contributed by atoms with Crippen molar-refractivity contribution >= 4 is 41.0 Å². The summed E-state index contributed by atoms with van der Waals surface area (Å²) in [5.41, 5.74) is 1.09. The Labute approximate surface area is 325 Å². The molecule has 8 rings (SSSR count). The van der Waals surface area contributed by atoms with Crippen LogP contribution in [0.4, 0.5) is 23.7 Å². The Morgan fingerprint density at radius 2 is 1.69 bits per heavy atom. The summed E-state index contributed by atoms with van der Waals surface area (Å²) in [5.74, 6) is -2.67. The number of aromatic carboxylic acids is 1. The Bertz CT molecular complexity index is 2040. The second-order valence-corrected chi connectivity index (χ2v) is 15.0. The lowest BCUT2D eigenvalue weighted by Gasteiger charge is -2.44. The van der Waals surface area contributed by atoms with E-state index in [9.17, 15) is 28.7 Å². The number of nitrogens with zero attached hydrogens (tertiary/aromatic N) is 3. The van der Waals surface area contributed by atoms with Crippen molar-refractivity contribution in [1.29, 1.82) is 0 Å². The Morgan fingerprint density at radius 3 is 2.33 bits per heavy atom. The number of amides is 1. The largest absolute Gasteiger partial charge is 0.489 e. The lowest BCUT2D eigenvalue weighted by atomic mass is 9.80. The number of carboxylic acids is 1. The molecule has 4 aliphatic rings. The van der Waals surface area contributed by atoms with Gasteiger partial charge >= 0.3 is 18.7 Å². The molecule has 1 aromatic heterocycles. The highest BCUT2D eigenvalue weighted by Crippen LogP contribution is 2.42. The van der Waals surface area contributed by atoms with Gasteiger partial charge in [0.05, 0.1) is 24.4 Å². The first-order valence-electron chi connectivity index (χ1n) is 18.0. The number of ether oxygens (including phenoxy) is 3. The molecule has 2 atom stereocenters. The van der Waals surface area contributed by atoms with E-state index in [2.05, 4.69) is 4.90 Å². The maximum absolute atomic E-state index is 15.6. The molecule has 2 N–H and O–H groups in total. The second kappa shape index (κ2) is 16.6. The molecule has 3 aliphatic heterocycles. The van der Waals surface area contributed by atoms with Crippen LogP contribution in [0, 0.1) is 17.7 Å². The molecule has 3 aromatic carbocycles. The summed E-state index contributed by atoms with van der Waals surface area (Å²) < 4.78 is 60.2. The van der Waals surface area contributed by atoms with Crippen molar-refractivity contribution in [2.45, 2.75) is 57.3 Å². The van der Waals surface area contributed by atoms with E-state index in [1.807, 2.05) is 0 Å². The third kappa shape index (κ3) is 8.90.